The minimum atomic E-state index is -4.39. The minimum Gasteiger partial charge on any atom is -0.440 e. The third-order valence-electron chi connectivity index (χ3n) is 2.58. The van der Waals surface area contributed by atoms with Crippen LogP contribution in [0.4, 0.5) is 0 Å². The zero-order chi connectivity index (χ0) is 14.5. The van der Waals surface area contributed by atoms with Gasteiger partial charge < -0.3 is 9.64 Å². The zero-order valence-electron chi connectivity index (χ0n) is 11.2. The van der Waals surface area contributed by atoms with Crippen LogP contribution < -0.4 is 0 Å². The molecule has 7 heteroatoms. The molecule has 0 spiro atoms. The lowest BCUT2D eigenvalue weighted by atomic mass is 10.1. The normalized spacial score (nSPS) is 15.2. The van der Waals surface area contributed by atoms with E-state index in [1.807, 2.05) is 6.92 Å². The fourth-order valence-corrected chi connectivity index (χ4v) is 2.24. The van der Waals surface area contributed by atoms with Crippen LogP contribution in [-0.2, 0) is 19.6 Å². The van der Waals surface area contributed by atoms with Gasteiger partial charge >= 0.3 is 16.1 Å². The summed E-state index contributed by atoms with van der Waals surface area (Å²) in [6.45, 7) is 7.00. The molecule has 0 radical (unpaired) electrons. The lowest BCUT2D eigenvalue weighted by molar-refractivity contribution is -0.141. The van der Waals surface area contributed by atoms with Gasteiger partial charge in [-0.1, -0.05) is 20.4 Å². The van der Waals surface area contributed by atoms with E-state index in [1.54, 1.807) is 19.0 Å². The first-order valence-electron chi connectivity index (χ1n) is 5.67. The molecule has 6 nitrogen and oxygen atoms in total. The third kappa shape index (κ3) is 4.75. The molecule has 0 saturated carbocycles. The summed E-state index contributed by atoms with van der Waals surface area (Å²) in [4.78, 5) is 13.5. The summed E-state index contributed by atoms with van der Waals surface area (Å²) in [6.07, 6.45) is 0.625. The van der Waals surface area contributed by atoms with Crippen molar-refractivity contribution in [1.82, 2.24) is 4.90 Å². The summed E-state index contributed by atoms with van der Waals surface area (Å²) in [7, 11) is -0.825. The molecule has 106 valence electrons. The number of nitrogens with zero attached hydrogens (tertiary/aromatic N) is 1. The van der Waals surface area contributed by atoms with Crippen LogP contribution in [0, 0.1) is 0 Å². The maximum atomic E-state index is 11.7. The van der Waals surface area contributed by atoms with E-state index in [1.165, 1.54) is 6.92 Å². The van der Waals surface area contributed by atoms with Gasteiger partial charge in [-0.05, 0) is 26.9 Å². The predicted octanol–water partition coefficient (Wildman–Crippen LogP) is 1.05. The number of carbonyl (C=O) groups excluding carboxylic acids is 1. The molecule has 2 unspecified atom stereocenters. The molecule has 0 bridgehead atoms. The Labute approximate surface area is 108 Å². The quantitative estimate of drug-likeness (QED) is 0.426. The Morgan fingerprint density at radius 2 is 1.83 bits per heavy atom. The van der Waals surface area contributed by atoms with Crippen LogP contribution in [0.5, 0.6) is 0 Å². The van der Waals surface area contributed by atoms with Gasteiger partial charge in [-0.3, -0.25) is 4.55 Å². The van der Waals surface area contributed by atoms with Crippen molar-refractivity contribution in [2.24, 2.45) is 0 Å². The van der Waals surface area contributed by atoms with Crippen LogP contribution in [0.1, 0.15) is 26.7 Å². The molecule has 18 heavy (non-hydrogen) atoms. The van der Waals surface area contributed by atoms with E-state index in [0.29, 0.717) is 6.42 Å². The molecule has 0 aliphatic rings. The third-order valence-corrected chi connectivity index (χ3v) is 3.67. The van der Waals surface area contributed by atoms with Crippen LogP contribution in [0.3, 0.4) is 0 Å². The van der Waals surface area contributed by atoms with Crippen LogP contribution in [-0.4, -0.2) is 49.4 Å². The molecule has 0 aromatic heterocycles. The lowest BCUT2D eigenvalue weighted by Gasteiger charge is -2.24. The van der Waals surface area contributed by atoms with E-state index in [-0.39, 0.29) is 18.0 Å². The van der Waals surface area contributed by atoms with Crippen molar-refractivity contribution in [2.75, 3.05) is 14.1 Å². The maximum absolute atomic E-state index is 11.7. The average molecular weight is 279 g/mol. The largest absolute Gasteiger partial charge is 0.440 e. The second kappa shape index (κ2) is 6.86. The molecule has 2 atom stereocenters. The molecule has 0 aliphatic carbocycles. The van der Waals surface area contributed by atoms with Gasteiger partial charge in [0.05, 0.1) is 0 Å². The number of hydrogen-bond donors (Lipinski definition) is 1. The molecular weight excluding hydrogens is 258 g/mol. The van der Waals surface area contributed by atoms with Crippen molar-refractivity contribution in [3.8, 4) is 0 Å². The van der Waals surface area contributed by atoms with Crippen LogP contribution in [0.15, 0.2) is 12.2 Å². The highest BCUT2D eigenvalue weighted by atomic mass is 32.2. The highest BCUT2D eigenvalue weighted by molar-refractivity contribution is 7.86. The predicted molar refractivity (Wildman–Crippen MR) is 68.6 cm³/mol. The van der Waals surface area contributed by atoms with Crippen molar-refractivity contribution in [3.63, 3.8) is 0 Å². The fraction of sp³-hybridized carbons (Fsp3) is 0.727. The summed E-state index contributed by atoms with van der Waals surface area (Å²) < 4.78 is 35.5. The summed E-state index contributed by atoms with van der Waals surface area (Å²) in [5.74, 6) is -0.806. The molecule has 0 fully saturated rings. The van der Waals surface area contributed by atoms with Gasteiger partial charge in [-0.25, -0.2) is 4.79 Å². The minimum absolute atomic E-state index is 0.0173. The Hall–Kier alpha value is -0.920. The van der Waals surface area contributed by atoms with Crippen LogP contribution in [0.25, 0.3) is 0 Å². The molecule has 0 aromatic carbocycles. The summed E-state index contributed by atoms with van der Waals surface area (Å²) >= 11 is 0. The van der Waals surface area contributed by atoms with Crippen LogP contribution in [0.2, 0.25) is 0 Å². The Bertz CT molecular complexity index is 402. The van der Waals surface area contributed by atoms with Gasteiger partial charge in [0.25, 0.3) is 0 Å². The summed E-state index contributed by atoms with van der Waals surface area (Å²) in [6, 6.07) is -0.226. The van der Waals surface area contributed by atoms with E-state index < -0.39 is 21.5 Å². The molecule has 0 aliphatic heterocycles. The average Bonchev–Trinajstić information content (AvgIpc) is 2.23. The first kappa shape index (κ1) is 17.1. The highest BCUT2D eigenvalue weighted by Crippen LogP contribution is 2.15. The molecule has 0 amide bonds. The monoisotopic (exact) mass is 279 g/mol. The number of ether oxygens (including phenoxy) is 1. The number of rotatable bonds is 7. The maximum Gasteiger partial charge on any atom is 0.336 e. The van der Waals surface area contributed by atoms with Crippen molar-refractivity contribution >= 4 is 16.1 Å². The molecule has 0 heterocycles. The Balaban J connectivity index is 4.82. The van der Waals surface area contributed by atoms with Gasteiger partial charge in [0.15, 0.2) is 0 Å². The SMILES string of the molecule is C=C(C(=O)OC(CC)S(=O)(=O)O)C(CC)N(C)C. The van der Waals surface area contributed by atoms with E-state index in [9.17, 15) is 13.2 Å². The number of carbonyl (C=O) groups is 1. The van der Waals surface area contributed by atoms with Crippen molar-refractivity contribution in [3.05, 3.63) is 12.2 Å². The molecular formula is C11H21NO5S. The molecule has 0 aromatic rings. The van der Waals surface area contributed by atoms with Crippen molar-refractivity contribution in [1.29, 1.82) is 0 Å². The zero-order valence-corrected chi connectivity index (χ0v) is 12.0. The Morgan fingerprint density at radius 3 is 2.11 bits per heavy atom. The van der Waals surface area contributed by atoms with E-state index in [0.717, 1.165) is 0 Å². The second-order valence-electron chi connectivity index (χ2n) is 4.17. The number of likely N-dealkylation sites (N-methyl/N-ethyl adjacent to an activating group) is 1. The van der Waals surface area contributed by atoms with E-state index in [2.05, 4.69) is 6.58 Å². The van der Waals surface area contributed by atoms with Gasteiger partial charge in [0, 0.05) is 11.6 Å². The van der Waals surface area contributed by atoms with Gasteiger partial charge in [-0.15, -0.1) is 0 Å². The first-order valence-corrected chi connectivity index (χ1v) is 7.17. The van der Waals surface area contributed by atoms with Gasteiger partial charge in [0.2, 0.25) is 5.44 Å². The lowest BCUT2D eigenvalue weighted by Crippen LogP contribution is -2.35. The number of esters is 1. The number of hydrogen-bond acceptors (Lipinski definition) is 5. The molecule has 1 N–H and O–H groups in total. The van der Waals surface area contributed by atoms with Crippen molar-refractivity contribution < 1.29 is 22.5 Å². The first-order chi connectivity index (χ1) is 8.15. The van der Waals surface area contributed by atoms with Crippen LogP contribution >= 0.6 is 0 Å². The highest BCUT2D eigenvalue weighted by Gasteiger charge is 2.28. The molecule has 0 saturated heterocycles. The fourth-order valence-electron chi connectivity index (χ4n) is 1.61. The Morgan fingerprint density at radius 1 is 1.33 bits per heavy atom. The topological polar surface area (TPSA) is 83.9 Å². The van der Waals surface area contributed by atoms with Crippen molar-refractivity contribution in [2.45, 2.75) is 38.2 Å². The summed E-state index contributed by atoms with van der Waals surface area (Å²) in [5, 5.41) is 0. The smallest absolute Gasteiger partial charge is 0.336 e. The second-order valence-corrected chi connectivity index (χ2v) is 5.73. The van der Waals surface area contributed by atoms with E-state index in [4.69, 9.17) is 9.29 Å². The Kier molecular flexibility index (Phi) is 6.51. The summed E-state index contributed by atoms with van der Waals surface area (Å²) in [5.41, 5.74) is -1.37. The van der Waals surface area contributed by atoms with E-state index >= 15 is 0 Å². The standard InChI is InChI=1S/C11H21NO5S/c1-6-9(12(4)5)8(3)11(13)17-10(7-2)18(14,15)16/h9-10H,3,6-7H2,1-2,4-5H3,(H,14,15,16). The van der Waals surface area contributed by atoms with Gasteiger partial charge in [-0.2, -0.15) is 8.42 Å². The molecule has 0 rings (SSSR count). The van der Waals surface area contributed by atoms with Gasteiger partial charge in [0.1, 0.15) is 0 Å².